The lowest BCUT2D eigenvalue weighted by Gasteiger charge is -2.11. The molecule has 2 heterocycles. The van der Waals surface area contributed by atoms with Gasteiger partial charge in [0, 0.05) is 0 Å². The van der Waals surface area contributed by atoms with Crippen molar-refractivity contribution < 1.29 is 19.2 Å². The van der Waals surface area contributed by atoms with Gasteiger partial charge < -0.3 is 33.2 Å². The molecular weight excluding hydrogens is 547 g/mol. The highest BCUT2D eigenvalue weighted by atomic mass is 35.5. The van der Waals surface area contributed by atoms with Crippen LogP contribution in [-0.4, -0.2) is 74.9 Å². The molecule has 38 heavy (non-hydrogen) atoms. The fourth-order valence-electron chi connectivity index (χ4n) is 2.49. The highest BCUT2D eigenvalue weighted by molar-refractivity contribution is 6.32. The predicted octanol–water partition coefficient (Wildman–Crippen LogP) is -1.90. The third-order valence-electron chi connectivity index (χ3n) is 4.08. The standard InChI is InChI=1S/C18H22Cl2N14O4/c1-5(21)28-16(37)9-13(23)33-15(11(20)31-9)27-3-6(35)2-26-4-7(36)29-18(25)34-17(38)8-12(22)32-14(24)10(19)30-8/h26H,2-4H2,1H3,(H2,21,28,37)(H4,22,24,32)(H3,23,27,33)(H3,25,29,34,36,38). The van der Waals surface area contributed by atoms with Gasteiger partial charge in [0.2, 0.25) is 11.9 Å². The molecule has 0 saturated carbocycles. The summed E-state index contributed by atoms with van der Waals surface area (Å²) in [6.07, 6.45) is 0. The van der Waals surface area contributed by atoms with E-state index in [2.05, 4.69) is 41.2 Å². The van der Waals surface area contributed by atoms with E-state index in [1.165, 1.54) is 6.92 Å². The maximum Gasteiger partial charge on any atom is 0.280 e. The number of guanidine groups is 1. The SMILES string of the molecule is CC(=N)NC(=O)c1nc(Cl)c(NCC(=O)CNCC(=O)NC(=N)NC(=O)c2nc(Cl)c(N)nc2N)nc1N. The summed E-state index contributed by atoms with van der Waals surface area (Å²) in [6.45, 7) is 0.404. The largest absolute Gasteiger partial charge is 0.382 e. The number of hydrogen-bond donors (Lipinski definition) is 10. The minimum absolute atomic E-state index is 0.0599. The van der Waals surface area contributed by atoms with Crippen LogP contribution < -0.4 is 43.8 Å². The van der Waals surface area contributed by atoms with Gasteiger partial charge in [0.1, 0.15) is 0 Å². The third-order valence-corrected chi connectivity index (χ3v) is 4.62. The lowest BCUT2D eigenvalue weighted by Crippen LogP contribution is -2.47. The van der Waals surface area contributed by atoms with Crippen molar-refractivity contribution in [3.05, 3.63) is 21.7 Å². The van der Waals surface area contributed by atoms with Crippen molar-refractivity contribution in [3.63, 3.8) is 0 Å². The van der Waals surface area contributed by atoms with E-state index in [-0.39, 0.29) is 64.7 Å². The van der Waals surface area contributed by atoms with Gasteiger partial charge in [-0.25, -0.2) is 19.9 Å². The van der Waals surface area contributed by atoms with Crippen molar-refractivity contribution in [3.8, 4) is 0 Å². The van der Waals surface area contributed by atoms with Gasteiger partial charge in [0.25, 0.3) is 11.8 Å². The molecule has 3 amide bonds. The van der Waals surface area contributed by atoms with Crippen LogP contribution in [0.2, 0.25) is 10.3 Å². The van der Waals surface area contributed by atoms with E-state index in [1.807, 2.05) is 5.32 Å². The van der Waals surface area contributed by atoms with E-state index < -0.39 is 35.2 Å². The van der Waals surface area contributed by atoms with Gasteiger partial charge in [-0.15, -0.1) is 0 Å². The molecule has 0 unspecified atom stereocenters. The highest BCUT2D eigenvalue weighted by Crippen LogP contribution is 2.20. The van der Waals surface area contributed by atoms with Gasteiger partial charge in [-0.3, -0.25) is 40.6 Å². The van der Waals surface area contributed by atoms with Crippen molar-refractivity contribution in [2.75, 3.05) is 42.2 Å². The lowest BCUT2D eigenvalue weighted by molar-refractivity contribution is -0.119. The normalized spacial score (nSPS) is 10.3. The number of nitrogen functional groups attached to an aromatic ring is 3. The number of aromatic nitrogens is 4. The molecule has 0 bridgehead atoms. The Bertz CT molecular complexity index is 1320. The summed E-state index contributed by atoms with van der Waals surface area (Å²) in [5, 5.41) is 25.9. The number of nitrogens with two attached hydrogens (primary N) is 3. The van der Waals surface area contributed by atoms with Crippen LogP contribution in [-0.2, 0) is 9.59 Å². The molecule has 0 aliphatic rings. The molecule has 13 N–H and O–H groups in total. The molecule has 0 atom stereocenters. The summed E-state index contributed by atoms with van der Waals surface area (Å²) in [6, 6.07) is 0. The number of rotatable bonds is 9. The zero-order chi connectivity index (χ0) is 28.6. The Labute approximate surface area is 223 Å². The van der Waals surface area contributed by atoms with Gasteiger partial charge in [-0.1, -0.05) is 23.2 Å². The third kappa shape index (κ3) is 8.47. The van der Waals surface area contributed by atoms with Gasteiger partial charge in [0.05, 0.1) is 25.5 Å². The predicted molar refractivity (Wildman–Crippen MR) is 138 cm³/mol. The number of carbonyl (C=O) groups is 4. The van der Waals surface area contributed by atoms with Gasteiger partial charge >= 0.3 is 0 Å². The summed E-state index contributed by atoms with van der Waals surface area (Å²) in [4.78, 5) is 63.1. The maximum atomic E-state index is 12.1. The van der Waals surface area contributed by atoms with E-state index in [0.29, 0.717) is 0 Å². The minimum Gasteiger partial charge on any atom is -0.382 e. The summed E-state index contributed by atoms with van der Waals surface area (Å²) < 4.78 is 0. The van der Waals surface area contributed by atoms with Crippen LogP contribution in [0.3, 0.4) is 0 Å². The van der Waals surface area contributed by atoms with E-state index in [0.717, 1.165) is 0 Å². The molecule has 0 aliphatic carbocycles. The Kier molecular flexibility index (Phi) is 10.1. The van der Waals surface area contributed by atoms with Crippen LogP contribution in [0.4, 0.5) is 23.3 Å². The summed E-state index contributed by atoms with van der Waals surface area (Å²) >= 11 is 11.7. The quantitative estimate of drug-likeness (QED) is 0.117. The molecular formula is C18H22Cl2N14O4. The number of amidine groups is 1. The number of halogens is 2. The second-order valence-electron chi connectivity index (χ2n) is 7.18. The first kappa shape index (κ1) is 29.5. The number of anilines is 4. The van der Waals surface area contributed by atoms with E-state index in [1.54, 1.807) is 0 Å². The Morgan fingerprint density at radius 1 is 0.763 bits per heavy atom. The number of nitrogens with one attached hydrogen (secondary N) is 7. The molecule has 18 nitrogen and oxygen atoms in total. The zero-order valence-corrected chi connectivity index (χ0v) is 21.0. The van der Waals surface area contributed by atoms with Crippen LogP contribution in [0.5, 0.6) is 0 Å². The fraction of sp³-hybridized carbons (Fsp3) is 0.222. The maximum absolute atomic E-state index is 12.1. The number of Topliss-reactive ketones (excluding diaryl/α,β-unsaturated/α-hetero) is 1. The van der Waals surface area contributed by atoms with Gasteiger partial charge in [-0.05, 0) is 6.92 Å². The number of hydrogen-bond acceptors (Lipinski definition) is 15. The first-order valence-corrected chi connectivity index (χ1v) is 11.0. The molecule has 202 valence electrons. The highest BCUT2D eigenvalue weighted by Gasteiger charge is 2.19. The van der Waals surface area contributed by atoms with Crippen molar-refractivity contribution in [1.29, 1.82) is 10.8 Å². The number of ketones is 1. The molecule has 2 rings (SSSR count). The van der Waals surface area contributed by atoms with Crippen molar-refractivity contribution in [2.45, 2.75) is 6.92 Å². The Morgan fingerprint density at radius 3 is 1.97 bits per heavy atom. The van der Waals surface area contributed by atoms with E-state index in [4.69, 9.17) is 51.2 Å². The Morgan fingerprint density at radius 2 is 1.34 bits per heavy atom. The minimum atomic E-state index is -0.961. The Balaban J connectivity index is 1.78. The molecule has 0 saturated heterocycles. The summed E-state index contributed by atoms with van der Waals surface area (Å²) in [5.41, 5.74) is 16.0. The first-order chi connectivity index (χ1) is 17.8. The molecule has 0 fully saturated rings. The fourth-order valence-corrected chi connectivity index (χ4v) is 2.81. The smallest absolute Gasteiger partial charge is 0.280 e. The summed E-state index contributed by atoms with van der Waals surface area (Å²) in [7, 11) is 0. The van der Waals surface area contributed by atoms with E-state index in [9.17, 15) is 19.2 Å². The first-order valence-electron chi connectivity index (χ1n) is 10.2. The van der Waals surface area contributed by atoms with Crippen LogP contribution in [0, 0.1) is 10.8 Å². The van der Waals surface area contributed by atoms with Crippen molar-refractivity contribution >= 4 is 81.8 Å². The average Bonchev–Trinajstić information content (AvgIpc) is 2.80. The summed E-state index contributed by atoms with van der Waals surface area (Å²) in [5.74, 6) is -4.57. The molecule has 0 aliphatic heterocycles. The number of carbonyl (C=O) groups excluding carboxylic acids is 4. The number of nitrogens with zero attached hydrogens (tertiary/aromatic N) is 4. The zero-order valence-electron chi connectivity index (χ0n) is 19.5. The van der Waals surface area contributed by atoms with Crippen LogP contribution in [0.1, 0.15) is 27.9 Å². The van der Waals surface area contributed by atoms with Crippen LogP contribution in [0.15, 0.2) is 0 Å². The molecule has 2 aromatic rings. The van der Waals surface area contributed by atoms with Gasteiger partial charge in [0.15, 0.2) is 50.7 Å². The molecule has 0 radical (unpaired) electrons. The van der Waals surface area contributed by atoms with Crippen LogP contribution in [0.25, 0.3) is 0 Å². The van der Waals surface area contributed by atoms with Crippen LogP contribution >= 0.6 is 23.2 Å². The number of amides is 3. The van der Waals surface area contributed by atoms with Gasteiger partial charge in [-0.2, -0.15) is 0 Å². The monoisotopic (exact) mass is 568 g/mol. The van der Waals surface area contributed by atoms with Crippen molar-refractivity contribution in [2.24, 2.45) is 0 Å². The average molecular weight is 569 g/mol. The molecule has 2 aromatic heterocycles. The lowest BCUT2D eigenvalue weighted by atomic mass is 10.3. The second-order valence-corrected chi connectivity index (χ2v) is 7.90. The second kappa shape index (κ2) is 13.0. The molecule has 20 heteroatoms. The molecule has 0 aromatic carbocycles. The Hall–Kier alpha value is -4.68. The van der Waals surface area contributed by atoms with E-state index >= 15 is 0 Å². The topological polar surface area (TPSA) is 306 Å². The van der Waals surface area contributed by atoms with Crippen molar-refractivity contribution in [1.82, 2.24) is 41.2 Å². The molecule has 0 spiro atoms.